The van der Waals surface area contributed by atoms with Crippen molar-refractivity contribution < 1.29 is 9.18 Å². The van der Waals surface area contributed by atoms with E-state index in [9.17, 15) is 9.18 Å². The van der Waals surface area contributed by atoms with E-state index >= 15 is 0 Å². The van der Waals surface area contributed by atoms with Crippen molar-refractivity contribution in [2.24, 2.45) is 17.8 Å². The van der Waals surface area contributed by atoms with Crippen molar-refractivity contribution in [3.05, 3.63) is 83.2 Å². The molecule has 0 aliphatic heterocycles. The molecule has 3 atom stereocenters. The third-order valence-corrected chi connectivity index (χ3v) is 6.75. The molecule has 0 spiro atoms. The first-order valence-corrected chi connectivity index (χ1v) is 11.5. The molecule has 0 bridgehead atoms. The number of rotatable bonds is 6. The minimum Gasteiger partial charge on any atom is -0.326 e. The molecule has 31 heavy (non-hydrogen) atoms. The van der Waals surface area contributed by atoms with E-state index in [4.69, 9.17) is 11.6 Å². The molecule has 1 N–H and O–H groups in total. The van der Waals surface area contributed by atoms with Crippen LogP contribution in [-0.2, 0) is 4.79 Å². The number of allylic oxidation sites excluding steroid dienone is 3. The lowest BCUT2D eigenvalue weighted by Gasteiger charge is -2.23. The quantitative estimate of drug-likeness (QED) is 0.360. The lowest BCUT2D eigenvalue weighted by molar-refractivity contribution is -0.121. The Morgan fingerprint density at radius 3 is 2.55 bits per heavy atom. The second-order valence-corrected chi connectivity index (χ2v) is 8.88. The van der Waals surface area contributed by atoms with E-state index in [2.05, 4.69) is 18.8 Å². The van der Waals surface area contributed by atoms with Crippen LogP contribution in [-0.4, -0.2) is 5.91 Å². The maximum Gasteiger partial charge on any atom is 0.227 e. The van der Waals surface area contributed by atoms with Crippen LogP contribution in [0, 0.1) is 30.5 Å². The van der Waals surface area contributed by atoms with E-state index in [1.807, 2.05) is 31.2 Å². The van der Waals surface area contributed by atoms with Crippen LogP contribution in [0.5, 0.6) is 0 Å². The summed E-state index contributed by atoms with van der Waals surface area (Å²) in [6.45, 7) is 8.05. The molecule has 164 valence electrons. The Hall–Kier alpha value is -2.39. The zero-order valence-electron chi connectivity index (χ0n) is 18.3. The number of halogens is 2. The molecule has 1 amide bonds. The van der Waals surface area contributed by atoms with E-state index < -0.39 is 0 Å². The first kappa shape index (κ1) is 23.3. The zero-order valence-corrected chi connectivity index (χ0v) is 19.1. The van der Waals surface area contributed by atoms with Crippen LogP contribution in [0.3, 0.4) is 0 Å². The molecule has 2 aromatic carbocycles. The molecule has 0 radical (unpaired) electrons. The number of carbonyl (C=O) groups excluding carboxylic acids is 1. The van der Waals surface area contributed by atoms with E-state index in [0.717, 1.165) is 54.5 Å². The minimum atomic E-state index is -0.226. The highest BCUT2D eigenvalue weighted by atomic mass is 35.5. The van der Waals surface area contributed by atoms with Gasteiger partial charge in [-0.25, -0.2) is 4.39 Å². The molecular weight excluding hydrogens is 409 g/mol. The molecule has 1 fully saturated rings. The number of amides is 1. The lowest BCUT2D eigenvalue weighted by atomic mass is 9.84. The van der Waals surface area contributed by atoms with Crippen molar-refractivity contribution in [2.75, 3.05) is 5.32 Å². The van der Waals surface area contributed by atoms with Gasteiger partial charge in [-0.15, -0.1) is 0 Å². The standard InChI is InChI=1S/C27H31ClFNO/c1-4-6-24(26-17-22(29)13-7-18(26)3)20-9-8-19(5-2)25(16-10-20)27(31)30-23-14-11-21(28)12-15-23/h4,6-7,11-15,17,19-20,25H,1,5,8-10,16H2,2-3H3,(H,30,31)/b24-6-. The van der Waals surface area contributed by atoms with Crippen molar-refractivity contribution >= 4 is 28.8 Å². The number of anilines is 1. The van der Waals surface area contributed by atoms with Crippen LogP contribution >= 0.6 is 11.6 Å². The van der Waals surface area contributed by atoms with Crippen LogP contribution in [0.4, 0.5) is 10.1 Å². The molecule has 2 aromatic rings. The average Bonchev–Trinajstić information content (AvgIpc) is 2.98. The minimum absolute atomic E-state index is 0.0377. The highest BCUT2D eigenvalue weighted by Crippen LogP contribution is 2.41. The summed E-state index contributed by atoms with van der Waals surface area (Å²) in [4.78, 5) is 13.1. The van der Waals surface area contributed by atoms with Crippen molar-refractivity contribution in [2.45, 2.75) is 46.0 Å². The van der Waals surface area contributed by atoms with Gasteiger partial charge in [-0.2, -0.15) is 0 Å². The molecule has 2 nitrogen and oxygen atoms in total. The predicted octanol–water partition coefficient (Wildman–Crippen LogP) is 7.83. The number of carbonyl (C=O) groups is 1. The third-order valence-electron chi connectivity index (χ3n) is 6.50. The van der Waals surface area contributed by atoms with Crippen LogP contribution in [0.2, 0.25) is 5.02 Å². The maximum atomic E-state index is 14.0. The molecule has 3 unspecified atom stereocenters. The van der Waals surface area contributed by atoms with Gasteiger partial charge in [0.25, 0.3) is 0 Å². The van der Waals surface area contributed by atoms with Crippen molar-refractivity contribution in [3.8, 4) is 0 Å². The summed E-state index contributed by atoms with van der Waals surface area (Å²) in [5.41, 5.74) is 3.90. The first-order chi connectivity index (χ1) is 14.9. The van der Waals surface area contributed by atoms with Crippen LogP contribution < -0.4 is 5.32 Å². The fourth-order valence-electron chi connectivity index (χ4n) is 4.77. The van der Waals surface area contributed by atoms with Crippen LogP contribution in [0.15, 0.2) is 61.2 Å². The molecule has 0 saturated heterocycles. The van der Waals surface area contributed by atoms with E-state index in [0.29, 0.717) is 10.9 Å². The van der Waals surface area contributed by atoms with Gasteiger partial charge < -0.3 is 5.32 Å². The third kappa shape index (κ3) is 5.86. The lowest BCUT2D eigenvalue weighted by Crippen LogP contribution is -2.28. The summed E-state index contributed by atoms with van der Waals surface area (Å²) >= 11 is 5.96. The monoisotopic (exact) mass is 439 g/mol. The van der Waals surface area contributed by atoms with E-state index in [1.165, 1.54) is 6.07 Å². The molecule has 3 rings (SSSR count). The molecular formula is C27H31ClFNO. The SMILES string of the molecule is C=C/C=C(\c1cc(F)ccc1C)C1CCC(CC)C(C(=O)Nc2ccc(Cl)cc2)CC1. The fraction of sp³-hybridized carbons (Fsp3) is 0.370. The van der Waals surface area contributed by atoms with Crippen molar-refractivity contribution in [1.29, 1.82) is 0 Å². The van der Waals surface area contributed by atoms with Gasteiger partial charge in [-0.1, -0.05) is 49.7 Å². The predicted molar refractivity (Wildman–Crippen MR) is 129 cm³/mol. The summed E-state index contributed by atoms with van der Waals surface area (Å²) in [7, 11) is 0. The van der Waals surface area contributed by atoms with Gasteiger partial charge in [-0.05, 0) is 97.5 Å². The highest BCUT2D eigenvalue weighted by molar-refractivity contribution is 6.30. The number of benzene rings is 2. The molecule has 1 saturated carbocycles. The Labute approximate surface area is 190 Å². The summed E-state index contributed by atoms with van der Waals surface area (Å²) in [5, 5.41) is 3.72. The van der Waals surface area contributed by atoms with E-state index in [-0.39, 0.29) is 23.6 Å². The Morgan fingerprint density at radius 2 is 1.87 bits per heavy atom. The molecule has 0 aromatic heterocycles. The summed E-state index contributed by atoms with van der Waals surface area (Å²) < 4.78 is 14.0. The number of hydrogen-bond donors (Lipinski definition) is 1. The Kier molecular flexibility index (Phi) is 8.09. The molecule has 0 heterocycles. The van der Waals surface area contributed by atoms with Gasteiger partial charge in [-0.3, -0.25) is 4.79 Å². The van der Waals surface area contributed by atoms with Gasteiger partial charge in [0, 0.05) is 16.6 Å². The zero-order chi connectivity index (χ0) is 22.4. The normalized spacial score (nSPS) is 21.9. The largest absolute Gasteiger partial charge is 0.326 e. The van der Waals surface area contributed by atoms with Crippen molar-refractivity contribution in [1.82, 2.24) is 0 Å². The smallest absolute Gasteiger partial charge is 0.227 e. The number of aryl methyl sites for hydroxylation is 1. The number of hydrogen-bond acceptors (Lipinski definition) is 1. The maximum absolute atomic E-state index is 14.0. The van der Waals surface area contributed by atoms with Crippen LogP contribution in [0.1, 0.15) is 50.2 Å². The van der Waals surface area contributed by atoms with E-state index in [1.54, 1.807) is 24.3 Å². The fourth-order valence-corrected chi connectivity index (χ4v) is 4.89. The Bertz CT molecular complexity index is 950. The molecule has 4 heteroatoms. The van der Waals surface area contributed by atoms with Gasteiger partial charge in [0.15, 0.2) is 0 Å². The van der Waals surface area contributed by atoms with Gasteiger partial charge >= 0.3 is 0 Å². The van der Waals surface area contributed by atoms with Gasteiger partial charge in [0.1, 0.15) is 5.82 Å². The first-order valence-electron chi connectivity index (χ1n) is 11.1. The second-order valence-electron chi connectivity index (χ2n) is 8.44. The second kappa shape index (κ2) is 10.8. The highest BCUT2D eigenvalue weighted by Gasteiger charge is 2.32. The Morgan fingerprint density at radius 1 is 1.16 bits per heavy atom. The summed E-state index contributed by atoms with van der Waals surface area (Å²) in [5.74, 6) is 0.419. The molecule has 1 aliphatic carbocycles. The number of nitrogens with one attached hydrogen (secondary N) is 1. The Balaban J connectivity index is 1.80. The summed E-state index contributed by atoms with van der Waals surface area (Å²) in [6.07, 6.45) is 8.43. The molecule has 1 aliphatic rings. The summed E-state index contributed by atoms with van der Waals surface area (Å²) in [6, 6.07) is 12.2. The topological polar surface area (TPSA) is 29.1 Å². The van der Waals surface area contributed by atoms with Crippen molar-refractivity contribution in [3.63, 3.8) is 0 Å². The van der Waals surface area contributed by atoms with Gasteiger partial charge in [0.2, 0.25) is 5.91 Å². The average molecular weight is 440 g/mol. The van der Waals surface area contributed by atoms with Gasteiger partial charge in [0.05, 0.1) is 0 Å². The van der Waals surface area contributed by atoms with Crippen LogP contribution in [0.25, 0.3) is 5.57 Å².